The number of benzene rings is 1. The summed E-state index contributed by atoms with van der Waals surface area (Å²) in [5, 5.41) is 10.6. The first-order valence-electron chi connectivity index (χ1n) is 4.62. The summed E-state index contributed by atoms with van der Waals surface area (Å²) in [5.41, 5.74) is 1.38. The predicted molar refractivity (Wildman–Crippen MR) is 59.8 cm³/mol. The molecule has 2 rings (SSSR count). The fourth-order valence-electron chi connectivity index (χ4n) is 1.39. The summed E-state index contributed by atoms with van der Waals surface area (Å²) in [4.78, 5) is 4.09. The molecule has 0 bridgehead atoms. The normalized spacial score (nSPS) is 12.4. The van der Waals surface area contributed by atoms with Crippen LogP contribution in [0.3, 0.4) is 0 Å². The molecular formula is C12H10ClNO. The molecule has 0 saturated carbocycles. The van der Waals surface area contributed by atoms with Crippen molar-refractivity contribution in [2.45, 2.75) is 6.10 Å². The Hall–Kier alpha value is -1.38. The minimum absolute atomic E-state index is 0.613. The van der Waals surface area contributed by atoms with Gasteiger partial charge in [-0.05, 0) is 29.8 Å². The van der Waals surface area contributed by atoms with Crippen molar-refractivity contribution >= 4 is 11.6 Å². The van der Waals surface area contributed by atoms with Crippen molar-refractivity contribution in [3.8, 4) is 0 Å². The Morgan fingerprint density at radius 1 is 1.13 bits per heavy atom. The van der Waals surface area contributed by atoms with E-state index in [1.807, 2.05) is 24.3 Å². The van der Waals surface area contributed by atoms with E-state index in [2.05, 4.69) is 4.98 Å². The van der Waals surface area contributed by atoms with Crippen molar-refractivity contribution in [2.24, 2.45) is 0 Å². The summed E-state index contributed by atoms with van der Waals surface area (Å²) in [6, 6.07) is 12.6. The first kappa shape index (κ1) is 10.1. The van der Waals surface area contributed by atoms with Crippen LogP contribution in [-0.4, -0.2) is 10.1 Å². The molecule has 0 spiro atoms. The summed E-state index contributed by atoms with van der Waals surface area (Å²) in [6.45, 7) is 0. The van der Waals surface area contributed by atoms with Crippen molar-refractivity contribution < 1.29 is 5.11 Å². The zero-order valence-corrected chi connectivity index (χ0v) is 8.72. The highest BCUT2D eigenvalue weighted by molar-refractivity contribution is 6.30. The van der Waals surface area contributed by atoms with Crippen molar-refractivity contribution in [1.29, 1.82) is 0 Å². The Labute approximate surface area is 93.2 Å². The molecule has 1 unspecified atom stereocenters. The van der Waals surface area contributed by atoms with Gasteiger partial charge in [-0.2, -0.15) is 0 Å². The summed E-state index contributed by atoms with van der Waals surface area (Å²) >= 11 is 5.84. The Morgan fingerprint density at radius 2 is 2.00 bits per heavy atom. The third-order valence-electron chi connectivity index (χ3n) is 2.13. The second-order valence-electron chi connectivity index (χ2n) is 3.21. The summed E-state index contributed by atoms with van der Waals surface area (Å²) in [6.07, 6.45) is 0.938. The van der Waals surface area contributed by atoms with Crippen LogP contribution in [0.4, 0.5) is 0 Å². The average Bonchev–Trinajstić information content (AvgIpc) is 2.29. The van der Waals surface area contributed by atoms with E-state index in [0.717, 1.165) is 5.56 Å². The lowest BCUT2D eigenvalue weighted by Crippen LogP contribution is -2.01. The molecule has 1 atom stereocenters. The Balaban J connectivity index is 2.32. The van der Waals surface area contributed by atoms with Gasteiger partial charge >= 0.3 is 0 Å². The van der Waals surface area contributed by atoms with Gasteiger partial charge < -0.3 is 5.11 Å². The van der Waals surface area contributed by atoms with E-state index in [9.17, 15) is 5.11 Å². The standard InChI is InChI=1S/C12H10ClNO/c13-10-5-3-4-9(8-10)12(15)11-6-1-2-7-14-11/h1-8,12,15H. The van der Waals surface area contributed by atoms with Crippen LogP contribution in [-0.2, 0) is 0 Å². The minimum Gasteiger partial charge on any atom is -0.382 e. The maximum absolute atomic E-state index is 10.00. The molecule has 1 aromatic heterocycles. The van der Waals surface area contributed by atoms with Crippen LogP contribution in [0, 0.1) is 0 Å². The SMILES string of the molecule is OC(c1cccc(Cl)c1)c1ccccn1. The van der Waals surface area contributed by atoms with E-state index < -0.39 is 6.10 Å². The molecule has 0 aliphatic heterocycles. The number of pyridine rings is 1. The summed E-state index contributed by atoms with van der Waals surface area (Å²) in [5.74, 6) is 0. The fourth-order valence-corrected chi connectivity index (χ4v) is 1.58. The van der Waals surface area contributed by atoms with Crippen LogP contribution in [0.15, 0.2) is 48.7 Å². The topological polar surface area (TPSA) is 33.1 Å². The van der Waals surface area contributed by atoms with Crippen molar-refractivity contribution in [3.05, 3.63) is 64.9 Å². The van der Waals surface area contributed by atoms with Gasteiger partial charge in [0.15, 0.2) is 0 Å². The van der Waals surface area contributed by atoms with Crippen LogP contribution in [0.1, 0.15) is 17.4 Å². The molecule has 3 heteroatoms. The molecule has 1 N–H and O–H groups in total. The van der Waals surface area contributed by atoms with Gasteiger partial charge in [0.05, 0.1) is 5.69 Å². The maximum atomic E-state index is 10.00. The van der Waals surface area contributed by atoms with Gasteiger partial charge in [-0.1, -0.05) is 29.8 Å². The molecule has 1 heterocycles. The number of hydrogen-bond donors (Lipinski definition) is 1. The van der Waals surface area contributed by atoms with Gasteiger partial charge in [-0.3, -0.25) is 4.98 Å². The predicted octanol–water partition coefficient (Wildman–Crippen LogP) is 2.82. The van der Waals surface area contributed by atoms with Gasteiger partial charge in [-0.25, -0.2) is 0 Å². The first-order chi connectivity index (χ1) is 7.27. The monoisotopic (exact) mass is 219 g/mol. The highest BCUT2D eigenvalue weighted by Crippen LogP contribution is 2.22. The number of aliphatic hydroxyl groups excluding tert-OH is 1. The Kier molecular flexibility index (Phi) is 2.99. The van der Waals surface area contributed by atoms with E-state index in [0.29, 0.717) is 10.7 Å². The zero-order chi connectivity index (χ0) is 10.7. The Bertz CT molecular complexity index is 444. The molecule has 76 valence electrons. The molecule has 0 aliphatic carbocycles. The number of halogens is 1. The number of nitrogens with zero attached hydrogens (tertiary/aromatic N) is 1. The van der Waals surface area contributed by atoms with E-state index in [1.165, 1.54) is 0 Å². The van der Waals surface area contributed by atoms with E-state index in [1.54, 1.807) is 24.4 Å². The maximum Gasteiger partial charge on any atom is 0.121 e. The summed E-state index contributed by atoms with van der Waals surface area (Å²) < 4.78 is 0. The third-order valence-corrected chi connectivity index (χ3v) is 2.37. The first-order valence-corrected chi connectivity index (χ1v) is 4.99. The minimum atomic E-state index is -0.718. The van der Waals surface area contributed by atoms with E-state index in [4.69, 9.17) is 11.6 Å². The van der Waals surface area contributed by atoms with Crippen LogP contribution in [0.2, 0.25) is 5.02 Å². The Morgan fingerprint density at radius 3 is 2.67 bits per heavy atom. The highest BCUT2D eigenvalue weighted by atomic mass is 35.5. The smallest absolute Gasteiger partial charge is 0.121 e. The van der Waals surface area contributed by atoms with Gasteiger partial charge in [0.25, 0.3) is 0 Å². The number of aliphatic hydroxyl groups is 1. The van der Waals surface area contributed by atoms with Crippen molar-refractivity contribution in [2.75, 3.05) is 0 Å². The van der Waals surface area contributed by atoms with Gasteiger partial charge in [0.2, 0.25) is 0 Å². The fraction of sp³-hybridized carbons (Fsp3) is 0.0833. The van der Waals surface area contributed by atoms with Gasteiger partial charge in [0, 0.05) is 11.2 Å². The summed E-state index contributed by atoms with van der Waals surface area (Å²) in [7, 11) is 0. The molecule has 0 amide bonds. The molecule has 0 saturated heterocycles. The number of hydrogen-bond acceptors (Lipinski definition) is 2. The van der Waals surface area contributed by atoms with Crippen LogP contribution in [0.5, 0.6) is 0 Å². The molecular weight excluding hydrogens is 210 g/mol. The number of rotatable bonds is 2. The average molecular weight is 220 g/mol. The zero-order valence-electron chi connectivity index (χ0n) is 7.97. The van der Waals surface area contributed by atoms with Crippen LogP contribution < -0.4 is 0 Å². The lowest BCUT2D eigenvalue weighted by Gasteiger charge is -2.10. The van der Waals surface area contributed by atoms with E-state index in [-0.39, 0.29) is 0 Å². The van der Waals surface area contributed by atoms with Crippen molar-refractivity contribution in [3.63, 3.8) is 0 Å². The lowest BCUT2D eigenvalue weighted by atomic mass is 10.1. The van der Waals surface area contributed by atoms with E-state index >= 15 is 0 Å². The molecule has 15 heavy (non-hydrogen) atoms. The lowest BCUT2D eigenvalue weighted by molar-refractivity contribution is 0.215. The molecule has 0 fully saturated rings. The molecule has 0 aliphatic rings. The van der Waals surface area contributed by atoms with Gasteiger partial charge in [-0.15, -0.1) is 0 Å². The third kappa shape index (κ3) is 2.35. The highest BCUT2D eigenvalue weighted by Gasteiger charge is 2.10. The number of aromatic nitrogens is 1. The quantitative estimate of drug-likeness (QED) is 0.843. The van der Waals surface area contributed by atoms with Crippen LogP contribution in [0.25, 0.3) is 0 Å². The van der Waals surface area contributed by atoms with Crippen molar-refractivity contribution in [1.82, 2.24) is 4.98 Å². The second-order valence-corrected chi connectivity index (χ2v) is 3.65. The second kappa shape index (κ2) is 4.43. The largest absolute Gasteiger partial charge is 0.382 e. The molecule has 0 radical (unpaired) electrons. The molecule has 2 nitrogen and oxygen atoms in total. The molecule has 1 aromatic carbocycles. The van der Waals surface area contributed by atoms with Crippen LogP contribution >= 0.6 is 11.6 Å². The molecule has 2 aromatic rings. The van der Waals surface area contributed by atoms with Gasteiger partial charge in [0.1, 0.15) is 6.10 Å².